The van der Waals surface area contributed by atoms with Crippen LogP contribution in [0.5, 0.6) is 0 Å². The van der Waals surface area contributed by atoms with E-state index in [1.165, 1.54) is 33.9 Å². The second-order valence-electron chi connectivity index (χ2n) is 9.60. The summed E-state index contributed by atoms with van der Waals surface area (Å²) < 4.78 is 36.2. The molecule has 0 saturated heterocycles. The largest absolute Gasteiger partial charge is 0.347 e. The van der Waals surface area contributed by atoms with Crippen LogP contribution in [0.25, 0.3) is 0 Å². The molecule has 0 spiro atoms. The topological polar surface area (TPSA) is 98.5 Å². The van der Waals surface area contributed by atoms with Gasteiger partial charge in [0.2, 0.25) is 5.69 Å². The molecule has 0 unspecified atom stereocenters. The Kier molecular flexibility index (Phi) is 7.67. The molecule has 0 aromatic heterocycles. The Morgan fingerprint density at radius 2 is 1.46 bits per heavy atom. The lowest BCUT2D eigenvalue weighted by Crippen LogP contribution is -2.68. The summed E-state index contributed by atoms with van der Waals surface area (Å²) in [4.78, 5) is 2.26. The Balaban J connectivity index is 0.000000623. The van der Waals surface area contributed by atoms with Crippen molar-refractivity contribution in [1.29, 1.82) is 0 Å². The van der Waals surface area contributed by atoms with Crippen molar-refractivity contribution in [3.63, 3.8) is 0 Å². The molecule has 0 atom stereocenters. The highest BCUT2D eigenvalue weighted by Gasteiger charge is 2.42. The predicted molar refractivity (Wildman–Crippen MR) is 129 cm³/mol. The van der Waals surface area contributed by atoms with Crippen LogP contribution in [0.3, 0.4) is 0 Å². The zero-order valence-corrected chi connectivity index (χ0v) is 22.2. The zero-order valence-electron chi connectivity index (χ0n) is 20.7. The van der Waals surface area contributed by atoms with Gasteiger partial charge in [-0.15, -0.1) is 10.2 Å². The second-order valence-corrected chi connectivity index (χ2v) is 10.8. The van der Waals surface area contributed by atoms with Crippen molar-refractivity contribution < 1.29 is 33.5 Å². The van der Waals surface area contributed by atoms with E-state index >= 15 is 0 Å². The summed E-state index contributed by atoms with van der Waals surface area (Å²) in [7, 11) is -0.694. The van der Waals surface area contributed by atoms with E-state index in [1.807, 2.05) is 12.2 Å². The van der Waals surface area contributed by atoms with Gasteiger partial charge in [0.1, 0.15) is 7.05 Å². The van der Waals surface area contributed by atoms with Crippen LogP contribution in [0.4, 0.5) is 11.4 Å². The van der Waals surface area contributed by atoms with E-state index in [0.29, 0.717) is 0 Å². The molecule has 2 aromatic carbocycles. The molecule has 0 radical (unpaired) electrons. The van der Waals surface area contributed by atoms with Crippen molar-refractivity contribution in [3.8, 4) is 0 Å². The highest BCUT2D eigenvalue weighted by Crippen LogP contribution is 2.46. The molecule has 35 heavy (non-hydrogen) atoms. The summed E-state index contributed by atoms with van der Waals surface area (Å²) in [6.45, 7) is 9.06. The van der Waals surface area contributed by atoms with Crippen LogP contribution < -0.4 is 23.5 Å². The average Bonchev–Trinajstić information content (AvgIpc) is 3.08. The van der Waals surface area contributed by atoms with Crippen LogP contribution in [0.2, 0.25) is 0 Å². The molecular weight excluding hydrogens is 487 g/mol. The lowest BCUT2D eigenvalue weighted by atomic mass is 9.81. The number of hydrogen-bond donors (Lipinski definition) is 0. The SMILES string of the molecule is CN1\C(=C/C=C(Cl)/C=C/C2=[N+](C)c3ccccc3C2(C)C)C(C)(C)c2ccccc21.[O-][Cl+3]([O-])([O-])[O-]. The van der Waals surface area contributed by atoms with Gasteiger partial charge < -0.3 is 4.90 Å². The first kappa shape index (κ1) is 27.1. The van der Waals surface area contributed by atoms with Crippen molar-refractivity contribution >= 4 is 28.7 Å². The predicted octanol–water partition coefficient (Wildman–Crippen LogP) is 1.93. The van der Waals surface area contributed by atoms with Crippen LogP contribution in [0.1, 0.15) is 38.8 Å². The number of rotatable bonds is 3. The van der Waals surface area contributed by atoms with Crippen molar-refractivity contribution in [2.24, 2.45) is 0 Å². The van der Waals surface area contributed by atoms with Crippen molar-refractivity contribution in [2.75, 3.05) is 19.0 Å². The minimum absolute atomic E-state index is 0.0488. The van der Waals surface area contributed by atoms with Gasteiger partial charge in [0.05, 0.1) is 5.41 Å². The molecule has 0 N–H and O–H groups in total. The van der Waals surface area contributed by atoms with Gasteiger partial charge in [-0.05, 0) is 43.7 Å². The first-order chi connectivity index (χ1) is 16.2. The Hall–Kier alpha value is -2.45. The fourth-order valence-electron chi connectivity index (χ4n) is 4.98. The van der Waals surface area contributed by atoms with Crippen molar-refractivity contribution in [1.82, 2.24) is 0 Å². The molecule has 0 fully saturated rings. The third kappa shape index (κ3) is 5.70. The van der Waals surface area contributed by atoms with Crippen LogP contribution in [0.15, 0.2) is 83.6 Å². The highest BCUT2D eigenvalue weighted by atomic mass is 35.7. The summed E-state index contributed by atoms with van der Waals surface area (Å²) in [5.41, 5.74) is 7.61. The molecule has 0 amide bonds. The van der Waals surface area contributed by atoms with E-state index in [2.05, 4.69) is 112 Å². The van der Waals surface area contributed by atoms with Crippen LogP contribution in [-0.4, -0.2) is 24.4 Å². The van der Waals surface area contributed by atoms with Crippen LogP contribution in [0, 0.1) is 10.2 Å². The maximum Gasteiger partial charge on any atom is 0.209 e. The van der Waals surface area contributed by atoms with Gasteiger partial charge in [0, 0.05) is 46.6 Å². The molecule has 2 heterocycles. The summed E-state index contributed by atoms with van der Waals surface area (Å²) in [6.07, 6.45) is 8.31. The monoisotopic (exact) mass is 516 g/mol. The average molecular weight is 517 g/mol. The third-order valence-corrected chi connectivity index (χ3v) is 6.93. The molecule has 6 nitrogen and oxygen atoms in total. The normalized spacial score (nSPS) is 19.7. The van der Waals surface area contributed by atoms with Crippen LogP contribution in [-0.2, 0) is 10.8 Å². The molecule has 2 aliphatic heterocycles. The summed E-state index contributed by atoms with van der Waals surface area (Å²) in [5, 5.41) is 0.718. The zero-order chi connectivity index (χ0) is 26.2. The van der Waals surface area contributed by atoms with Crippen LogP contribution >= 0.6 is 11.6 Å². The molecule has 2 aromatic rings. The number of hydrogen-bond acceptors (Lipinski definition) is 5. The molecule has 2 aliphatic rings. The van der Waals surface area contributed by atoms with Gasteiger partial charge >= 0.3 is 0 Å². The maximum atomic E-state index is 8.49. The summed E-state index contributed by atoms with van der Waals surface area (Å²) in [5.74, 6) is 0. The number of benzene rings is 2. The van der Waals surface area contributed by atoms with Gasteiger partial charge in [0.15, 0.2) is 5.71 Å². The summed E-state index contributed by atoms with van der Waals surface area (Å²) >= 11 is 6.62. The van der Waals surface area contributed by atoms with Gasteiger partial charge in [-0.2, -0.15) is 4.58 Å². The maximum absolute atomic E-state index is 8.49. The van der Waals surface area contributed by atoms with E-state index in [9.17, 15) is 0 Å². The van der Waals surface area contributed by atoms with Gasteiger partial charge in [0.25, 0.3) is 0 Å². The molecule has 0 bridgehead atoms. The molecule has 4 rings (SSSR count). The molecular formula is C27H30Cl2N2O4. The molecule has 8 heteroatoms. The molecule has 0 saturated carbocycles. The fraction of sp³-hybridized carbons (Fsp3) is 0.296. The quantitative estimate of drug-likeness (QED) is 0.458. The van der Waals surface area contributed by atoms with Gasteiger partial charge in [-0.3, -0.25) is 0 Å². The van der Waals surface area contributed by atoms with Gasteiger partial charge in [-0.1, -0.05) is 61.8 Å². The number of nitrogens with zero attached hydrogens (tertiary/aromatic N) is 2. The van der Waals surface area contributed by atoms with E-state index in [-0.39, 0.29) is 10.8 Å². The number of fused-ring (bicyclic) bond motifs is 2. The van der Waals surface area contributed by atoms with E-state index in [4.69, 9.17) is 30.2 Å². The second kappa shape index (κ2) is 9.90. The Bertz CT molecular complexity index is 1230. The number of allylic oxidation sites excluding steroid dienone is 6. The summed E-state index contributed by atoms with van der Waals surface area (Å²) in [6, 6.07) is 17.2. The lowest BCUT2D eigenvalue weighted by molar-refractivity contribution is -2.00. The Labute approximate surface area is 214 Å². The minimum Gasteiger partial charge on any atom is -0.347 e. The smallest absolute Gasteiger partial charge is 0.209 e. The minimum atomic E-state index is -4.94. The van der Waals surface area contributed by atoms with E-state index in [1.54, 1.807) is 0 Å². The number of likely N-dealkylation sites (N-methyl/N-ethyl adjacent to an activating group) is 1. The Morgan fingerprint density at radius 3 is 2.03 bits per heavy atom. The first-order valence-corrected chi connectivity index (χ1v) is 12.7. The molecule has 0 aliphatic carbocycles. The van der Waals surface area contributed by atoms with Gasteiger partial charge in [-0.25, -0.2) is 18.6 Å². The first-order valence-electron chi connectivity index (χ1n) is 11.1. The molecule has 186 valence electrons. The van der Waals surface area contributed by atoms with E-state index < -0.39 is 10.2 Å². The fourth-order valence-corrected chi connectivity index (χ4v) is 5.10. The van der Waals surface area contributed by atoms with Crippen molar-refractivity contribution in [3.05, 3.63) is 94.7 Å². The highest BCUT2D eigenvalue weighted by molar-refractivity contribution is 6.31. The third-order valence-electron chi connectivity index (χ3n) is 6.68. The standard InChI is InChI=1S/C27H30ClN2.ClHO4/c1-26(2)20-11-7-9-13-22(20)29(5)24(26)17-15-19(28)16-18-25-27(3,4)21-12-8-10-14-23(21)30(25)6;2-1(3,4)5/h7-18H,1-6H3;(H,2,3,4,5)/q+1;/p-1. The number of halogens is 2. The Morgan fingerprint density at radius 1 is 0.914 bits per heavy atom. The number of anilines is 1. The number of para-hydroxylation sites is 2. The van der Waals surface area contributed by atoms with Crippen molar-refractivity contribution in [2.45, 2.75) is 38.5 Å². The lowest BCUT2D eigenvalue weighted by Gasteiger charge is -2.23. The van der Waals surface area contributed by atoms with E-state index in [0.717, 1.165) is 5.03 Å².